The van der Waals surface area contributed by atoms with E-state index in [1.165, 1.54) is 29.3 Å². The number of sulfone groups is 1. The number of aromatic hydroxyl groups is 1. The van der Waals surface area contributed by atoms with Crippen LogP contribution in [0.5, 0.6) is 5.75 Å². The molecule has 1 amide bonds. The van der Waals surface area contributed by atoms with Crippen molar-refractivity contribution in [2.45, 2.75) is 54.9 Å². The van der Waals surface area contributed by atoms with Crippen molar-refractivity contribution in [1.29, 1.82) is 0 Å². The van der Waals surface area contributed by atoms with Gasteiger partial charge in [-0.3, -0.25) is 14.9 Å². The molecule has 14 heteroatoms. The third-order valence-corrected chi connectivity index (χ3v) is 9.79. The molecule has 1 unspecified atom stereocenters. The summed E-state index contributed by atoms with van der Waals surface area (Å²) in [5.41, 5.74) is -0.984. The summed E-state index contributed by atoms with van der Waals surface area (Å²) in [5, 5.41) is 14.1. The lowest BCUT2D eigenvalue weighted by Crippen LogP contribution is -2.55. The summed E-state index contributed by atoms with van der Waals surface area (Å²) in [7, 11) is -4.32. The van der Waals surface area contributed by atoms with Crippen LogP contribution >= 0.6 is 0 Å². The van der Waals surface area contributed by atoms with Gasteiger partial charge >= 0.3 is 12.1 Å². The molecule has 1 saturated heterocycles. The molecular weight excluding hydrogens is 661 g/mol. The van der Waals surface area contributed by atoms with Crippen LogP contribution in [0, 0.1) is 0 Å². The first-order valence-electron chi connectivity index (χ1n) is 15.6. The zero-order chi connectivity index (χ0) is 35.6. The molecule has 1 aliphatic heterocycles. The number of rotatable bonds is 9. The standard InChI is InChI=1S/C35H37F3N4O6S/c1-34(2,3)48-31(44)22-40-29(33(45)42-17-15-41(16-18-42)26-9-6-8-25(20-26)35(36,37)38)19-24-11-12-27(43)21-30(24)49(46,47)32-28-10-5-4-7-23(28)13-14-39-32/h4-14,20-21,29,40,43H,15-19,22H2,1-3H3. The predicted octanol–water partition coefficient (Wildman–Crippen LogP) is 4.98. The minimum Gasteiger partial charge on any atom is -0.508 e. The number of fused-ring (bicyclic) bond motifs is 1. The van der Waals surface area contributed by atoms with Crippen molar-refractivity contribution in [2.24, 2.45) is 0 Å². The van der Waals surface area contributed by atoms with Gasteiger partial charge in [0, 0.05) is 43.4 Å². The lowest BCUT2D eigenvalue weighted by Gasteiger charge is -2.38. The van der Waals surface area contributed by atoms with Crippen LogP contribution < -0.4 is 10.2 Å². The number of nitrogens with zero attached hydrogens (tertiary/aromatic N) is 3. The maximum Gasteiger partial charge on any atom is 0.416 e. The van der Waals surface area contributed by atoms with Gasteiger partial charge in [0.15, 0.2) is 5.03 Å². The van der Waals surface area contributed by atoms with Gasteiger partial charge in [-0.05, 0) is 74.5 Å². The van der Waals surface area contributed by atoms with Gasteiger partial charge in [-0.2, -0.15) is 13.2 Å². The summed E-state index contributed by atoms with van der Waals surface area (Å²) in [6.45, 7) is 5.57. The van der Waals surface area contributed by atoms with E-state index >= 15 is 0 Å². The van der Waals surface area contributed by atoms with E-state index in [1.807, 2.05) is 0 Å². The second-order valence-electron chi connectivity index (χ2n) is 12.7. The van der Waals surface area contributed by atoms with Crippen LogP contribution in [0.4, 0.5) is 18.9 Å². The lowest BCUT2D eigenvalue weighted by molar-refractivity contribution is -0.154. The summed E-state index contributed by atoms with van der Waals surface area (Å²) in [6.07, 6.45) is -3.30. The Bertz CT molecular complexity index is 1950. The Kier molecular flexibility index (Phi) is 10.2. The zero-order valence-electron chi connectivity index (χ0n) is 27.2. The summed E-state index contributed by atoms with van der Waals surface area (Å²) in [4.78, 5) is 33.9. The molecule has 0 spiro atoms. The maximum atomic E-state index is 14.1. The second-order valence-corrected chi connectivity index (χ2v) is 14.6. The minimum absolute atomic E-state index is 0.167. The number of amides is 1. The number of benzene rings is 3. The van der Waals surface area contributed by atoms with Crippen LogP contribution in [-0.4, -0.2) is 79.7 Å². The van der Waals surface area contributed by atoms with E-state index in [0.717, 1.165) is 18.2 Å². The molecule has 1 atom stereocenters. The number of hydrogen-bond donors (Lipinski definition) is 2. The second kappa shape index (κ2) is 14.0. The van der Waals surface area contributed by atoms with E-state index in [9.17, 15) is 36.3 Å². The van der Waals surface area contributed by atoms with Gasteiger partial charge in [0.2, 0.25) is 15.7 Å². The molecule has 3 aromatic carbocycles. The van der Waals surface area contributed by atoms with Gasteiger partial charge in [-0.15, -0.1) is 0 Å². The van der Waals surface area contributed by atoms with Crippen LogP contribution in [0.1, 0.15) is 31.9 Å². The predicted molar refractivity (Wildman–Crippen MR) is 177 cm³/mol. The van der Waals surface area contributed by atoms with Crippen LogP contribution in [0.15, 0.2) is 88.9 Å². The number of aromatic nitrogens is 1. The molecule has 1 aromatic heterocycles. The molecule has 0 saturated carbocycles. The molecular formula is C35H37F3N4O6S. The molecule has 4 aromatic rings. The molecule has 0 radical (unpaired) electrons. The van der Waals surface area contributed by atoms with Crippen LogP contribution in [0.3, 0.4) is 0 Å². The quantitative estimate of drug-likeness (QED) is 0.233. The van der Waals surface area contributed by atoms with E-state index in [-0.39, 0.29) is 60.4 Å². The third-order valence-electron chi connectivity index (χ3n) is 8.00. The molecule has 0 bridgehead atoms. The van der Waals surface area contributed by atoms with E-state index in [2.05, 4.69) is 10.3 Å². The molecule has 10 nitrogen and oxygen atoms in total. The number of esters is 1. The Morgan fingerprint density at radius 1 is 0.959 bits per heavy atom. The topological polar surface area (TPSA) is 129 Å². The Labute approximate surface area is 282 Å². The highest BCUT2D eigenvalue weighted by atomic mass is 32.2. The molecule has 49 heavy (non-hydrogen) atoms. The van der Waals surface area contributed by atoms with E-state index in [4.69, 9.17) is 4.74 Å². The van der Waals surface area contributed by atoms with Gasteiger partial charge in [0.1, 0.15) is 11.4 Å². The first-order valence-corrected chi connectivity index (χ1v) is 17.1. The van der Waals surface area contributed by atoms with Crippen molar-refractivity contribution in [3.8, 4) is 5.75 Å². The Hall–Kier alpha value is -4.69. The highest BCUT2D eigenvalue weighted by molar-refractivity contribution is 7.91. The van der Waals surface area contributed by atoms with Crippen molar-refractivity contribution in [3.63, 3.8) is 0 Å². The van der Waals surface area contributed by atoms with Crippen molar-refractivity contribution >= 4 is 38.2 Å². The Balaban J connectivity index is 1.42. The first-order chi connectivity index (χ1) is 23.0. The molecule has 2 heterocycles. The fraction of sp³-hybridized carbons (Fsp3) is 0.343. The van der Waals surface area contributed by atoms with Crippen molar-refractivity contribution in [2.75, 3.05) is 37.6 Å². The van der Waals surface area contributed by atoms with Crippen molar-refractivity contribution in [1.82, 2.24) is 15.2 Å². The number of nitrogens with one attached hydrogen (secondary N) is 1. The first kappa shape index (κ1) is 35.6. The highest BCUT2D eigenvalue weighted by Gasteiger charge is 2.34. The van der Waals surface area contributed by atoms with Gasteiger partial charge in [-0.1, -0.05) is 36.4 Å². The number of carbonyl (C=O) groups is 2. The lowest BCUT2D eigenvalue weighted by atomic mass is 10.0. The molecule has 5 rings (SSSR count). The van der Waals surface area contributed by atoms with Gasteiger partial charge in [-0.25, -0.2) is 13.4 Å². The zero-order valence-corrected chi connectivity index (χ0v) is 28.0. The number of phenols is 1. The normalized spacial score (nSPS) is 14.9. The fourth-order valence-corrected chi connectivity index (χ4v) is 7.36. The average molecular weight is 699 g/mol. The largest absolute Gasteiger partial charge is 0.508 e. The SMILES string of the molecule is CC(C)(C)OC(=O)CNC(Cc1ccc(O)cc1S(=O)(=O)c1nccc2ccccc12)C(=O)N1CCN(c2cccc(C(F)(F)F)c2)CC1. The van der Waals surface area contributed by atoms with E-state index < -0.39 is 45.1 Å². The number of phenolic OH excluding ortho intramolecular Hbond substituents is 1. The minimum atomic E-state index is -4.49. The molecule has 1 aliphatic rings. The number of pyridine rings is 1. The molecule has 2 N–H and O–H groups in total. The van der Waals surface area contributed by atoms with E-state index in [0.29, 0.717) is 16.5 Å². The van der Waals surface area contributed by atoms with Crippen LogP contribution in [0.2, 0.25) is 0 Å². The Morgan fingerprint density at radius 2 is 1.67 bits per heavy atom. The number of carbonyl (C=O) groups excluding carboxylic acids is 2. The van der Waals surface area contributed by atoms with Gasteiger partial charge in [0.05, 0.1) is 23.0 Å². The highest BCUT2D eigenvalue weighted by Crippen LogP contribution is 2.33. The van der Waals surface area contributed by atoms with Crippen LogP contribution in [0.25, 0.3) is 10.8 Å². The average Bonchev–Trinajstić information content (AvgIpc) is 3.05. The summed E-state index contributed by atoms with van der Waals surface area (Å²) in [5.74, 6) is -1.37. The summed E-state index contributed by atoms with van der Waals surface area (Å²) < 4.78 is 73.6. The number of halogens is 3. The molecule has 260 valence electrons. The molecule has 1 fully saturated rings. The number of anilines is 1. The van der Waals surface area contributed by atoms with Crippen molar-refractivity contribution < 1.29 is 41.0 Å². The summed E-state index contributed by atoms with van der Waals surface area (Å²) in [6, 6.07) is 16.2. The third kappa shape index (κ3) is 8.49. The number of alkyl halides is 3. The summed E-state index contributed by atoms with van der Waals surface area (Å²) >= 11 is 0. The van der Waals surface area contributed by atoms with Gasteiger partial charge in [0.25, 0.3) is 0 Å². The number of ether oxygens (including phenoxy) is 1. The smallest absolute Gasteiger partial charge is 0.416 e. The molecule has 0 aliphatic carbocycles. The number of piperazine rings is 1. The van der Waals surface area contributed by atoms with Crippen molar-refractivity contribution in [3.05, 3.63) is 90.1 Å². The van der Waals surface area contributed by atoms with E-state index in [1.54, 1.807) is 62.1 Å². The fourth-order valence-electron chi connectivity index (χ4n) is 5.71. The Morgan fingerprint density at radius 3 is 2.37 bits per heavy atom. The maximum absolute atomic E-state index is 14.1. The monoisotopic (exact) mass is 698 g/mol. The van der Waals surface area contributed by atoms with Crippen LogP contribution in [-0.2, 0) is 36.8 Å². The van der Waals surface area contributed by atoms with Gasteiger partial charge < -0.3 is 19.6 Å². The number of hydrogen-bond acceptors (Lipinski definition) is 9.